The molecule has 26 heavy (non-hydrogen) atoms. The molecule has 0 aromatic carbocycles. The lowest BCUT2D eigenvalue weighted by Gasteiger charge is -2.35. The van der Waals surface area contributed by atoms with E-state index in [1.807, 2.05) is 6.92 Å². The smallest absolute Gasteiger partial charge is 0.420 e. The van der Waals surface area contributed by atoms with Crippen LogP contribution < -0.4 is 5.32 Å². The first-order chi connectivity index (χ1) is 12.3. The molecule has 3 rings (SSSR count). The van der Waals surface area contributed by atoms with E-state index in [4.69, 9.17) is 5.11 Å². The molecular formula is C15H17F3N6O2. The maximum Gasteiger partial charge on any atom is 0.420 e. The zero-order valence-electron chi connectivity index (χ0n) is 13.8. The number of H-pyrrole nitrogens is 1. The number of alkyl halides is 3. The predicted molar refractivity (Wildman–Crippen MR) is 85.4 cm³/mol. The van der Waals surface area contributed by atoms with Gasteiger partial charge in [-0.05, 0) is 12.3 Å². The fourth-order valence-corrected chi connectivity index (χ4v) is 2.94. The second kappa shape index (κ2) is 6.81. The van der Waals surface area contributed by atoms with Crippen LogP contribution >= 0.6 is 0 Å². The normalized spacial score (nSPS) is 20.8. The summed E-state index contributed by atoms with van der Waals surface area (Å²) in [5, 5.41) is 12.1. The molecule has 3 N–H and O–H groups in total. The SMILES string of the molecule is C[C@@H]1CN(C(=O)O)CC[C@@H]1Nc1ncc(C(F)(F)F)c(-c2c[nH]cn2)n1. The Balaban J connectivity index is 1.83. The van der Waals surface area contributed by atoms with Crippen LogP contribution in [0.15, 0.2) is 18.7 Å². The van der Waals surface area contributed by atoms with Crippen molar-refractivity contribution in [3.63, 3.8) is 0 Å². The average molecular weight is 370 g/mol. The van der Waals surface area contributed by atoms with Crippen LogP contribution in [0.25, 0.3) is 11.4 Å². The number of rotatable bonds is 3. The van der Waals surface area contributed by atoms with E-state index in [1.54, 1.807) is 0 Å². The number of piperidine rings is 1. The van der Waals surface area contributed by atoms with Crippen LogP contribution in [-0.4, -0.2) is 55.2 Å². The molecule has 1 aliphatic rings. The number of hydrogen-bond donors (Lipinski definition) is 3. The number of nitrogens with one attached hydrogen (secondary N) is 2. The van der Waals surface area contributed by atoms with Gasteiger partial charge in [-0.1, -0.05) is 6.92 Å². The third kappa shape index (κ3) is 3.70. The van der Waals surface area contributed by atoms with Crippen LogP contribution in [0.1, 0.15) is 18.9 Å². The van der Waals surface area contributed by atoms with E-state index in [9.17, 15) is 18.0 Å². The van der Waals surface area contributed by atoms with Gasteiger partial charge in [0.25, 0.3) is 0 Å². The lowest BCUT2D eigenvalue weighted by Crippen LogP contribution is -2.47. The first kappa shape index (κ1) is 18.0. The van der Waals surface area contributed by atoms with Gasteiger partial charge in [-0.25, -0.2) is 19.7 Å². The summed E-state index contributed by atoms with van der Waals surface area (Å²) in [6.45, 7) is 2.54. The lowest BCUT2D eigenvalue weighted by atomic mass is 9.94. The first-order valence-corrected chi connectivity index (χ1v) is 7.93. The summed E-state index contributed by atoms with van der Waals surface area (Å²) in [4.78, 5) is 26.6. The van der Waals surface area contributed by atoms with Gasteiger partial charge < -0.3 is 20.3 Å². The van der Waals surface area contributed by atoms with E-state index in [1.165, 1.54) is 17.4 Å². The molecule has 3 heterocycles. The minimum Gasteiger partial charge on any atom is -0.465 e. The lowest BCUT2D eigenvalue weighted by molar-refractivity contribution is -0.137. The standard InChI is InChI=1S/C15H17F3N6O2/c1-8-6-24(14(25)26)3-2-10(8)22-13-20-4-9(15(16,17)18)12(23-13)11-5-19-7-21-11/h4-5,7-8,10H,2-3,6H2,1H3,(H,19,21)(H,25,26)(H,20,22,23)/t8-,10+/m1/s1. The molecule has 0 unspecified atom stereocenters. The molecule has 1 fully saturated rings. The summed E-state index contributed by atoms with van der Waals surface area (Å²) in [6, 6.07) is -0.144. The highest BCUT2D eigenvalue weighted by atomic mass is 19.4. The van der Waals surface area contributed by atoms with E-state index in [-0.39, 0.29) is 29.3 Å². The highest BCUT2D eigenvalue weighted by Gasteiger charge is 2.36. The van der Waals surface area contributed by atoms with Gasteiger partial charge in [-0.3, -0.25) is 0 Å². The number of amides is 1. The highest BCUT2D eigenvalue weighted by Crippen LogP contribution is 2.35. The molecule has 140 valence electrons. The molecule has 0 saturated carbocycles. The second-order valence-corrected chi connectivity index (χ2v) is 6.15. The Morgan fingerprint density at radius 3 is 2.77 bits per heavy atom. The summed E-state index contributed by atoms with van der Waals surface area (Å²) >= 11 is 0. The number of carbonyl (C=O) groups is 1. The van der Waals surface area contributed by atoms with E-state index in [0.717, 1.165) is 6.20 Å². The number of anilines is 1. The number of hydrogen-bond acceptors (Lipinski definition) is 5. The van der Waals surface area contributed by atoms with E-state index < -0.39 is 17.8 Å². The molecule has 2 aromatic rings. The molecule has 0 radical (unpaired) electrons. The molecule has 2 aromatic heterocycles. The van der Waals surface area contributed by atoms with Crippen molar-refractivity contribution in [3.8, 4) is 11.4 Å². The summed E-state index contributed by atoms with van der Waals surface area (Å²) < 4.78 is 39.6. The third-order valence-electron chi connectivity index (χ3n) is 4.33. The molecule has 0 aliphatic carbocycles. The van der Waals surface area contributed by atoms with Crippen molar-refractivity contribution in [1.82, 2.24) is 24.8 Å². The molecule has 0 spiro atoms. The Kier molecular flexibility index (Phi) is 4.70. The number of halogens is 3. The Hall–Kier alpha value is -2.85. The zero-order chi connectivity index (χ0) is 18.9. The fraction of sp³-hybridized carbons (Fsp3) is 0.467. The van der Waals surface area contributed by atoms with Gasteiger partial charge in [0.15, 0.2) is 0 Å². The molecule has 2 atom stereocenters. The van der Waals surface area contributed by atoms with Crippen molar-refractivity contribution < 1.29 is 23.1 Å². The quantitative estimate of drug-likeness (QED) is 0.767. The Morgan fingerprint density at radius 1 is 1.42 bits per heavy atom. The Bertz CT molecular complexity index is 780. The van der Waals surface area contributed by atoms with Gasteiger partial charge >= 0.3 is 12.3 Å². The average Bonchev–Trinajstić information content (AvgIpc) is 3.10. The topological polar surface area (TPSA) is 107 Å². The van der Waals surface area contributed by atoms with Crippen LogP contribution in [-0.2, 0) is 6.18 Å². The van der Waals surface area contributed by atoms with E-state index >= 15 is 0 Å². The monoisotopic (exact) mass is 370 g/mol. The summed E-state index contributed by atoms with van der Waals surface area (Å²) in [5.74, 6) is 0.0104. The van der Waals surface area contributed by atoms with Gasteiger partial charge in [-0.2, -0.15) is 13.2 Å². The maximum absolute atomic E-state index is 13.2. The van der Waals surface area contributed by atoms with Gasteiger partial charge in [0.2, 0.25) is 5.95 Å². The molecule has 1 aliphatic heterocycles. The molecule has 1 saturated heterocycles. The van der Waals surface area contributed by atoms with Crippen molar-refractivity contribution >= 4 is 12.0 Å². The summed E-state index contributed by atoms with van der Waals surface area (Å²) in [6.07, 6.45) is -1.75. The number of imidazole rings is 1. The molecule has 8 nitrogen and oxygen atoms in total. The van der Waals surface area contributed by atoms with Crippen molar-refractivity contribution in [2.45, 2.75) is 25.6 Å². The second-order valence-electron chi connectivity index (χ2n) is 6.15. The first-order valence-electron chi connectivity index (χ1n) is 7.93. The zero-order valence-corrected chi connectivity index (χ0v) is 13.8. The minimum absolute atomic E-state index is 0.0421. The van der Waals surface area contributed by atoms with E-state index in [0.29, 0.717) is 19.5 Å². The largest absolute Gasteiger partial charge is 0.465 e. The van der Waals surface area contributed by atoms with Crippen molar-refractivity contribution in [2.75, 3.05) is 18.4 Å². The van der Waals surface area contributed by atoms with Gasteiger partial charge in [0.1, 0.15) is 17.0 Å². The molecular weight excluding hydrogens is 353 g/mol. The number of carboxylic acid groups (broad SMARTS) is 1. The molecule has 11 heteroatoms. The molecule has 0 bridgehead atoms. The Morgan fingerprint density at radius 2 is 2.19 bits per heavy atom. The Labute approximate surface area is 146 Å². The number of aromatic amines is 1. The van der Waals surface area contributed by atoms with E-state index in [2.05, 4.69) is 25.3 Å². The van der Waals surface area contributed by atoms with Crippen LogP contribution in [0.5, 0.6) is 0 Å². The van der Waals surface area contributed by atoms with Crippen LogP contribution in [0, 0.1) is 5.92 Å². The number of likely N-dealkylation sites (tertiary alicyclic amines) is 1. The van der Waals surface area contributed by atoms with Crippen LogP contribution in [0.4, 0.5) is 23.9 Å². The van der Waals surface area contributed by atoms with Crippen LogP contribution in [0.2, 0.25) is 0 Å². The summed E-state index contributed by atoms with van der Waals surface area (Å²) in [5.41, 5.74) is -1.22. The van der Waals surface area contributed by atoms with Crippen LogP contribution in [0.3, 0.4) is 0 Å². The van der Waals surface area contributed by atoms with Gasteiger partial charge in [0, 0.05) is 31.5 Å². The highest BCUT2D eigenvalue weighted by molar-refractivity contribution is 5.65. The molecule has 1 amide bonds. The number of nitrogens with zero attached hydrogens (tertiary/aromatic N) is 4. The maximum atomic E-state index is 13.2. The predicted octanol–water partition coefficient (Wildman–Crippen LogP) is 2.69. The fourth-order valence-electron chi connectivity index (χ4n) is 2.94. The third-order valence-corrected chi connectivity index (χ3v) is 4.33. The number of aromatic nitrogens is 4. The minimum atomic E-state index is -4.60. The van der Waals surface area contributed by atoms with Crippen molar-refractivity contribution in [1.29, 1.82) is 0 Å². The van der Waals surface area contributed by atoms with Gasteiger partial charge in [0.05, 0.1) is 6.33 Å². The van der Waals surface area contributed by atoms with Gasteiger partial charge in [-0.15, -0.1) is 0 Å². The van der Waals surface area contributed by atoms with Crippen molar-refractivity contribution in [2.24, 2.45) is 5.92 Å². The summed E-state index contributed by atoms with van der Waals surface area (Å²) in [7, 11) is 0. The van der Waals surface area contributed by atoms with Crippen molar-refractivity contribution in [3.05, 3.63) is 24.3 Å².